The Balaban J connectivity index is 1.37. The zero-order valence-electron chi connectivity index (χ0n) is 15.8. The Morgan fingerprint density at radius 2 is 2.21 bits per heavy atom. The highest BCUT2D eigenvalue weighted by atomic mass is 19.1. The number of aryl methyl sites for hydroxylation is 2. The summed E-state index contributed by atoms with van der Waals surface area (Å²) in [6.45, 7) is 5.23. The van der Waals surface area contributed by atoms with Gasteiger partial charge < -0.3 is 14.1 Å². The van der Waals surface area contributed by atoms with Crippen molar-refractivity contribution in [3.05, 3.63) is 65.4 Å². The first-order chi connectivity index (χ1) is 13.5. The quantitative estimate of drug-likeness (QED) is 0.675. The monoisotopic (exact) mass is 384 g/mol. The molecule has 0 aliphatic carbocycles. The van der Waals surface area contributed by atoms with E-state index >= 15 is 0 Å². The normalized spacial score (nSPS) is 16.5. The molecule has 7 nitrogen and oxygen atoms in total. The summed E-state index contributed by atoms with van der Waals surface area (Å²) in [5.74, 6) is 0.0806. The molecule has 8 heteroatoms. The predicted molar refractivity (Wildman–Crippen MR) is 98.5 cm³/mol. The summed E-state index contributed by atoms with van der Waals surface area (Å²) in [6.07, 6.45) is 2.18. The van der Waals surface area contributed by atoms with Gasteiger partial charge in [-0.15, -0.1) is 0 Å². The molecule has 0 saturated carbocycles. The number of halogens is 1. The van der Waals surface area contributed by atoms with Crippen LogP contribution in [0.4, 0.5) is 4.39 Å². The fourth-order valence-corrected chi connectivity index (χ4v) is 3.48. The van der Waals surface area contributed by atoms with Crippen molar-refractivity contribution in [2.75, 3.05) is 13.1 Å². The molecule has 1 saturated heterocycles. The molecule has 1 aliphatic rings. The van der Waals surface area contributed by atoms with Gasteiger partial charge in [-0.25, -0.2) is 9.37 Å². The first-order valence-corrected chi connectivity index (χ1v) is 9.14. The molecule has 146 valence electrons. The fraction of sp³-hybridized carbons (Fsp3) is 0.350. The van der Waals surface area contributed by atoms with E-state index in [9.17, 15) is 9.18 Å². The summed E-state index contributed by atoms with van der Waals surface area (Å²) in [4.78, 5) is 18.7. The number of oxazole rings is 1. The third-order valence-corrected chi connectivity index (χ3v) is 4.77. The van der Waals surface area contributed by atoms with Crippen LogP contribution in [0, 0.1) is 19.7 Å². The molecule has 1 aromatic carbocycles. The fourth-order valence-electron chi connectivity index (χ4n) is 3.48. The zero-order valence-corrected chi connectivity index (χ0v) is 15.8. The van der Waals surface area contributed by atoms with Gasteiger partial charge in [-0.2, -0.15) is 5.10 Å². The van der Waals surface area contributed by atoms with E-state index in [1.807, 2.05) is 24.6 Å². The van der Waals surface area contributed by atoms with Crippen molar-refractivity contribution in [2.24, 2.45) is 0 Å². The SMILES string of the molecule is Cc1cc(C)n(C2CCN(C(=O)c3coc(COc4cccc(F)c4)n3)C2)n1. The molecule has 28 heavy (non-hydrogen) atoms. The first-order valence-electron chi connectivity index (χ1n) is 9.14. The van der Waals surface area contributed by atoms with E-state index < -0.39 is 0 Å². The average Bonchev–Trinajstić information content (AvgIpc) is 3.39. The second kappa shape index (κ2) is 7.46. The highest BCUT2D eigenvalue weighted by Crippen LogP contribution is 2.24. The van der Waals surface area contributed by atoms with Crippen molar-refractivity contribution in [2.45, 2.75) is 32.9 Å². The lowest BCUT2D eigenvalue weighted by Crippen LogP contribution is -2.29. The van der Waals surface area contributed by atoms with Crippen LogP contribution < -0.4 is 4.74 Å². The number of aromatic nitrogens is 3. The van der Waals surface area contributed by atoms with Crippen molar-refractivity contribution in [1.29, 1.82) is 0 Å². The third-order valence-electron chi connectivity index (χ3n) is 4.77. The van der Waals surface area contributed by atoms with E-state index in [4.69, 9.17) is 9.15 Å². The molecule has 3 heterocycles. The number of rotatable bonds is 5. The summed E-state index contributed by atoms with van der Waals surface area (Å²) < 4.78 is 26.0. The molecule has 0 N–H and O–H groups in total. The Bertz CT molecular complexity index is 997. The minimum Gasteiger partial charge on any atom is -0.484 e. The van der Waals surface area contributed by atoms with Gasteiger partial charge in [0.2, 0.25) is 5.89 Å². The molecule has 4 rings (SSSR count). The molecule has 1 fully saturated rings. The van der Waals surface area contributed by atoms with Crippen LogP contribution in [0.5, 0.6) is 5.75 Å². The van der Waals surface area contributed by atoms with Gasteiger partial charge in [0.25, 0.3) is 5.91 Å². The molecule has 0 radical (unpaired) electrons. The van der Waals surface area contributed by atoms with Gasteiger partial charge in [-0.3, -0.25) is 9.48 Å². The first kappa shape index (κ1) is 18.2. The highest BCUT2D eigenvalue weighted by Gasteiger charge is 2.30. The Morgan fingerprint density at radius 3 is 2.96 bits per heavy atom. The summed E-state index contributed by atoms with van der Waals surface area (Å²) in [7, 11) is 0. The lowest BCUT2D eigenvalue weighted by atomic mass is 10.2. The van der Waals surface area contributed by atoms with E-state index in [0.717, 1.165) is 17.8 Å². The standard InChI is InChI=1S/C20H21FN4O3/c1-13-8-14(2)25(23-13)16-6-7-24(10-16)20(26)18-11-28-19(22-18)12-27-17-5-3-4-15(21)9-17/h3-5,8-9,11,16H,6-7,10,12H2,1-2H3. The van der Waals surface area contributed by atoms with Gasteiger partial charge in [0.05, 0.1) is 11.7 Å². The molecular formula is C20H21FN4O3. The summed E-state index contributed by atoms with van der Waals surface area (Å²) in [5.41, 5.74) is 2.31. The molecule has 1 atom stereocenters. The van der Waals surface area contributed by atoms with Crippen LogP contribution in [0.15, 0.2) is 41.0 Å². The number of hydrogen-bond donors (Lipinski definition) is 0. The van der Waals surface area contributed by atoms with Gasteiger partial charge in [0.1, 0.15) is 17.8 Å². The predicted octanol–water partition coefficient (Wildman–Crippen LogP) is 3.29. The van der Waals surface area contributed by atoms with Gasteiger partial charge in [0, 0.05) is 24.8 Å². The molecule has 0 bridgehead atoms. The minimum absolute atomic E-state index is 0.0190. The van der Waals surface area contributed by atoms with Gasteiger partial charge >= 0.3 is 0 Å². The molecule has 2 aromatic heterocycles. The number of likely N-dealkylation sites (tertiary alicyclic amines) is 1. The topological polar surface area (TPSA) is 73.4 Å². The van der Waals surface area contributed by atoms with Crippen LogP contribution in [-0.4, -0.2) is 38.7 Å². The lowest BCUT2D eigenvalue weighted by molar-refractivity contribution is 0.0781. The number of nitrogens with zero attached hydrogens (tertiary/aromatic N) is 4. The molecule has 1 aliphatic heterocycles. The second-order valence-corrected chi connectivity index (χ2v) is 6.94. The average molecular weight is 384 g/mol. The molecule has 1 unspecified atom stereocenters. The molecular weight excluding hydrogens is 363 g/mol. The number of ether oxygens (including phenoxy) is 1. The molecule has 1 amide bonds. The Kier molecular flexibility index (Phi) is 4.85. The highest BCUT2D eigenvalue weighted by molar-refractivity contribution is 5.92. The third kappa shape index (κ3) is 3.76. The number of amides is 1. The van der Waals surface area contributed by atoms with Crippen molar-refractivity contribution in [3.63, 3.8) is 0 Å². The van der Waals surface area contributed by atoms with Gasteiger partial charge in [-0.05, 0) is 38.5 Å². The van der Waals surface area contributed by atoms with Crippen LogP contribution in [0.2, 0.25) is 0 Å². The van der Waals surface area contributed by atoms with Crippen LogP contribution in [0.1, 0.15) is 40.2 Å². The van der Waals surface area contributed by atoms with Gasteiger partial charge in [0.15, 0.2) is 12.3 Å². The number of carbonyl (C=O) groups excluding carboxylic acids is 1. The summed E-state index contributed by atoms with van der Waals surface area (Å²) >= 11 is 0. The lowest BCUT2D eigenvalue weighted by Gasteiger charge is -2.16. The van der Waals surface area contributed by atoms with Crippen molar-refractivity contribution >= 4 is 5.91 Å². The van der Waals surface area contributed by atoms with Crippen molar-refractivity contribution in [1.82, 2.24) is 19.7 Å². The maximum Gasteiger partial charge on any atom is 0.275 e. The van der Waals surface area contributed by atoms with E-state index in [0.29, 0.717) is 18.8 Å². The largest absolute Gasteiger partial charge is 0.484 e. The maximum atomic E-state index is 13.2. The van der Waals surface area contributed by atoms with Crippen molar-refractivity contribution < 1.29 is 18.3 Å². The zero-order chi connectivity index (χ0) is 19.7. The van der Waals surface area contributed by atoms with E-state index in [-0.39, 0.29) is 36.0 Å². The maximum absolute atomic E-state index is 13.2. The van der Waals surface area contributed by atoms with E-state index in [1.54, 1.807) is 17.0 Å². The Hall–Kier alpha value is -3.16. The van der Waals surface area contributed by atoms with E-state index in [1.165, 1.54) is 18.4 Å². The molecule has 3 aromatic rings. The Labute approximate surface area is 161 Å². The smallest absolute Gasteiger partial charge is 0.275 e. The number of carbonyl (C=O) groups is 1. The van der Waals surface area contributed by atoms with Crippen LogP contribution >= 0.6 is 0 Å². The summed E-state index contributed by atoms with van der Waals surface area (Å²) in [5, 5.41) is 4.52. The molecule has 0 spiro atoms. The van der Waals surface area contributed by atoms with Crippen molar-refractivity contribution in [3.8, 4) is 5.75 Å². The van der Waals surface area contributed by atoms with Gasteiger partial charge in [-0.1, -0.05) is 6.07 Å². The Morgan fingerprint density at radius 1 is 1.36 bits per heavy atom. The van der Waals surface area contributed by atoms with E-state index in [2.05, 4.69) is 10.1 Å². The van der Waals surface area contributed by atoms with Crippen LogP contribution in [-0.2, 0) is 6.61 Å². The summed E-state index contributed by atoms with van der Waals surface area (Å²) in [6, 6.07) is 8.01. The van der Waals surface area contributed by atoms with Crippen LogP contribution in [0.3, 0.4) is 0 Å². The number of benzene rings is 1. The number of hydrogen-bond acceptors (Lipinski definition) is 5. The second-order valence-electron chi connectivity index (χ2n) is 6.94. The minimum atomic E-state index is -0.382. The van der Waals surface area contributed by atoms with Crippen LogP contribution in [0.25, 0.3) is 0 Å².